The van der Waals surface area contributed by atoms with Crippen LogP contribution in [0.25, 0.3) is 0 Å². The summed E-state index contributed by atoms with van der Waals surface area (Å²) in [4.78, 5) is 0. The minimum absolute atomic E-state index is 0.139. The van der Waals surface area contributed by atoms with Gasteiger partial charge in [0.2, 0.25) is 0 Å². The van der Waals surface area contributed by atoms with Crippen molar-refractivity contribution in [1.29, 1.82) is 0 Å². The van der Waals surface area contributed by atoms with Crippen molar-refractivity contribution in [2.75, 3.05) is 0 Å². The summed E-state index contributed by atoms with van der Waals surface area (Å²) in [5, 5.41) is 0. The normalized spacial score (nSPS) is 16.0. The first-order valence-corrected chi connectivity index (χ1v) is 13.7. The van der Waals surface area contributed by atoms with Crippen LogP contribution in [-0.4, -0.2) is 75.0 Å². The molecule has 0 aromatic carbocycles. The van der Waals surface area contributed by atoms with Gasteiger partial charge in [-0.3, -0.25) is 0 Å². The van der Waals surface area contributed by atoms with Crippen molar-refractivity contribution < 1.29 is 88.2 Å². The topological polar surface area (TPSA) is 27.7 Å². The van der Waals surface area contributed by atoms with E-state index in [0.717, 1.165) is 0 Å². The van der Waals surface area contributed by atoms with Crippen LogP contribution in [0.5, 0.6) is 0 Å². The summed E-state index contributed by atoms with van der Waals surface area (Å²) in [5.41, 5.74) is 0. The number of alkyl halides is 18. The molecule has 0 saturated heterocycles. The fourth-order valence-electron chi connectivity index (χ4n) is 2.20. The van der Waals surface area contributed by atoms with E-state index in [0.29, 0.717) is 6.92 Å². The summed E-state index contributed by atoms with van der Waals surface area (Å²) >= 11 is -8.78. The quantitative estimate of drug-likeness (QED) is 0.194. The average Bonchev–Trinajstić information content (AvgIpc) is 2.54. The van der Waals surface area contributed by atoms with E-state index in [1.54, 1.807) is 0 Å². The molecule has 0 unspecified atom stereocenters. The summed E-state index contributed by atoms with van der Waals surface area (Å²) < 4.78 is 242. The fraction of sp³-hybridized carbons (Fsp3) is 1.00. The molecule has 3 nitrogen and oxygen atoms in total. The zero-order valence-corrected chi connectivity index (χ0v) is 20.3. The molecule has 0 aromatic rings. The minimum atomic E-state index is -8.78. The summed E-state index contributed by atoms with van der Waals surface area (Å²) in [6.45, 7) is 0.866. The van der Waals surface area contributed by atoms with Crippen LogP contribution in [0.3, 0.4) is 0 Å². The second-order valence-electron chi connectivity index (χ2n) is 7.54. The number of halogens is 18. The Kier molecular flexibility index (Phi) is 10.4. The van der Waals surface area contributed by atoms with E-state index in [4.69, 9.17) is 0 Å². The average molecular weight is 691 g/mol. The number of hydrogen-bond acceptors (Lipinski definition) is 3. The Balaban J connectivity index is 7.57. The van der Waals surface area contributed by atoms with Crippen molar-refractivity contribution in [1.82, 2.24) is 0 Å². The van der Waals surface area contributed by atoms with Gasteiger partial charge in [-0.15, -0.1) is 0 Å². The maximum absolute atomic E-state index is 13.0. The van der Waals surface area contributed by atoms with Crippen LogP contribution in [0, 0.1) is 0 Å². The zero-order chi connectivity index (χ0) is 29.6. The zero-order valence-electron chi connectivity index (χ0n) is 17.5. The molecule has 0 atom stereocenters. The first-order valence-electron chi connectivity index (χ1n) is 8.76. The first kappa shape index (κ1) is 35.4. The maximum atomic E-state index is 13.0. The third kappa shape index (κ3) is 9.01. The molecule has 0 fully saturated rings. The van der Waals surface area contributed by atoms with Gasteiger partial charge in [0.25, 0.3) is 0 Å². The standard InChI is InChI=1S/C5H11.3C3HF6O.Sn/c1-4-5(2)3;3*4-2(5,6)1(10)3(7,8)9;/h4H2,1-3H3;3*1H;/q;3*-1;+3. The Bertz CT molecular complexity index is 588. The van der Waals surface area contributed by atoms with Gasteiger partial charge >= 0.3 is 194 Å². The molecule has 0 bridgehead atoms. The van der Waals surface area contributed by atoms with Crippen molar-refractivity contribution in [3.8, 4) is 0 Å². The van der Waals surface area contributed by atoms with Gasteiger partial charge in [0.15, 0.2) is 0 Å². The van der Waals surface area contributed by atoms with Gasteiger partial charge in [0.05, 0.1) is 0 Å². The van der Waals surface area contributed by atoms with E-state index in [1.165, 1.54) is 0 Å². The van der Waals surface area contributed by atoms with Crippen LogP contribution in [0.15, 0.2) is 0 Å². The Hall–Kier alpha value is -0.581. The molecule has 0 aliphatic heterocycles. The van der Waals surface area contributed by atoms with Crippen molar-refractivity contribution in [2.45, 2.75) is 86.0 Å². The van der Waals surface area contributed by atoms with Crippen molar-refractivity contribution in [3.05, 3.63) is 0 Å². The third-order valence-electron chi connectivity index (χ3n) is 4.32. The molecule has 0 aliphatic rings. The van der Waals surface area contributed by atoms with Crippen molar-refractivity contribution in [3.63, 3.8) is 0 Å². The third-order valence-corrected chi connectivity index (χ3v) is 14.7. The molecule has 0 spiro atoms. The Morgan fingerprint density at radius 3 is 0.722 bits per heavy atom. The van der Waals surface area contributed by atoms with Gasteiger partial charge in [-0.05, 0) is 0 Å². The van der Waals surface area contributed by atoms with Crippen LogP contribution < -0.4 is 0 Å². The molecule has 0 radical (unpaired) electrons. The van der Waals surface area contributed by atoms with E-state index in [1.807, 2.05) is 0 Å². The molecule has 0 aromatic heterocycles. The molecular weight excluding hydrogens is 677 g/mol. The Morgan fingerprint density at radius 1 is 0.444 bits per heavy atom. The molecule has 0 rings (SSSR count). The van der Waals surface area contributed by atoms with Gasteiger partial charge in [-0.25, -0.2) is 0 Å². The van der Waals surface area contributed by atoms with Gasteiger partial charge < -0.3 is 0 Å². The molecule has 0 heterocycles. The SMILES string of the molecule is CC[C](C)(C)[Sn]([O]C(C(F)(F)F)C(F)(F)F)([O]C(C(F)(F)F)C(F)(F)F)[O]C(C(F)(F)F)C(F)(F)F. The second-order valence-corrected chi connectivity index (χ2v) is 16.6. The van der Waals surface area contributed by atoms with Crippen molar-refractivity contribution in [2.24, 2.45) is 0 Å². The van der Waals surface area contributed by atoms with Gasteiger partial charge in [-0.2, -0.15) is 0 Å². The molecule has 0 amide bonds. The Morgan fingerprint density at radius 2 is 0.611 bits per heavy atom. The van der Waals surface area contributed by atoms with Crippen LogP contribution in [0.4, 0.5) is 79.0 Å². The molecule has 0 aliphatic carbocycles. The van der Waals surface area contributed by atoms with Gasteiger partial charge in [-0.1, -0.05) is 0 Å². The molecule has 0 saturated carbocycles. The van der Waals surface area contributed by atoms with E-state index in [-0.39, 0.29) is 13.8 Å². The van der Waals surface area contributed by atoms with E-state index in [2.05, 4.69) is 9.22 Å². The van der Waals surface area contributed by atoms with Crippen molar-refractivity contribution >= 4 is 19.6 Å². The molecule has 36 heavy (non-hydrogen) atoms. The number of rotatable bonds is 8. The van der Waals surface area contributed by atoms with Crippen LogP contribution in [-0.2, 0) is 9.22 Å². The van der Waals surface area contributed by atoms with E-state index >= 15 is 0 Å². The predicted octanol–water partition coefficient (Wildman–Crippen LogP) is 7.64. The van der Waals surface area contributed by atoms with Crippen LogP contribution in [0.1, 0.15) is 27.2 Å². The van der Waals surface area contributed by atoms with E-state index in [9.17, 15) is 79.0 Å². The van der Waals surface area contributed by atoms with Gasteiger partial charge in [0.1, 0.15) is 0 Å². The van der Waals surface area contributed by atoms with E-state index < -0.39 is 84.8 Å². The van der Waals surface area contributed by atoms with Gasteiger partial charge in [0, 0.05) is 0 Å². The van der Waals surface area contributed by atoms with Crippen LogP contribution >= 0.6 is 0 Å². The first-order chi connectivity index (χ1) is 15.3. The summed E-state index contributed by atoms with van der Waals surface area (Å²) in [5.74, 6) is 0. The monoisotopic (exact) mass is 692 g/mol. The predicted molar refractivity (Wildman–Crippen MR) is 81.0 cm³/mol. The fourth-order valence-corrected chi connectivity index (χ4v) is 11.6. The number of hydrogen-bond donors (Lipinski definition) is 0. The second kappa shape index (κ2) is 10.5. The summed E-state index contributed by atoms with van der Waals surface area (Å²) in [7, 11) is 0. The Labute approximate surface area is 194 Å². The molecular formula is C14H14F18O3Sn. The summed E-state index contributed by atoms with van der Waals surface area (Å²) in [6.07, 6.45) is -58.5. The van der Waals surface area contributed by atoms with Crippen LogP contribution in [0.2, 0.25) is 3.43 Å². The molecule has 0 N–H and O–H groups in total. The molecule has 218 valence electrons. The summed E-state index contributed by atoms with van der Waals surface area (Å²) in [6, 6.07) is 0. The molecule has 22 heteroatoms.